The van der Waals surface area contributed by atoms with Crippen LogP contribution < -0.4 is 10.1 Å². The van der Waals surface area contributed by atoms with Crippen LogP contribution in [0.5, 0.6) is 5.75 Å². The monoisotopic (exact) mass is 297 g/mol. The summed E-state index contributed by atoms with van der Waals surface area (Å²) < 4.78 is 5.45. The SMILES string of the molecule is CCCNC(Cc1cc(Cl)ccc1OC)CC(C)CC. The molecule has 0 heterocycles. The Kier molecular flexibility index (Phi) is 8.01. The van der Waals surface area contributed by atoms with Crippen molar-refractivity contribution in [2.24, 2.45) is 5.92 Å². The van der Waals surface area contributed by atoms with Crippen LogP contribution in [0.2, 0.25) is 5.02 Å². The number of nitrogens with one attached hydrogen (secondary N) is 1. The second kappa shape index (κ2) is 9.25. The van der Waals surface area contributed by atoms with Crippen LogP contribution in [0.3, 0.4) is 0 Å². The molecule has 0 bridgehead atoms. The molecule has 20 heavy (non-hydrogen) atoms. The predicted octanol–water partition coefficient (Wildman–Crippen LogP) is 4.70. The first-order valence-electron chi connectivity index (χ1n) is 7.66. The van der Waals surface area contributed by atoms with E-state index in [0.29, 0.717) is 6.04 Å². The third-order valence-electron chi connectivity index (χ3n) is 3.78. The highest BCUT2D eigenvalue weighted by Crippen LogP contribution is 2.25. The minimum absolute atomic E-state index is 0.484. The minimum atomic E-state index is 0.484. The zero-order valence-electron chi connectivity index (χ0n) is 13.2. The van der Waals surface area contributed by atoms with Gasteiger partial charge < -0.3 is 10.1 Å². The van der Waals surface area contributed by atoms with Crippen molar-refractivity contribution in [2.75, 3.05) is 13.7 Å². The molecule has 1 aromatic carbocycles. The van der Waals surface area contributed by atoms with E-state index in [1.165, 1.54) is 18.4 Å². The van der Waals surface area contributed by atoms with E-state index in [-0.39, 0.29) is 0 Å². The van der Waals surface area contributed by atoms with Crippen molar-refractivity contribution in [3.63, 3.8) is 0 Å². The van der Waals surface area contributed by atoms with Gasteiger partial charge in [-0.05, 0) is 55.5 Å². The van der Waals surface area contributed by atoms with E-state index < -0.39 is 0 Å². The van der Waals surface area contributed by atoms with Crippen molar-refractivity contribution in [1.29, 1.82) is 0 Å². The van der Waals surface area contributed by atoms with Crippen molar-refractivity contribution in [1.82, 2.24) is 5.32 Å². The third kappa shape index (κ3) is 5.72. The van der Waals surface area contributed by atoms with Crippen molar-refractivity contribution in [3.05, 3.63) is 28.8 Å². The fraction of sp³-hybridized carbons (Fsp3) is 0.647. The van der Waals surface area contributed by atoms with Gasteiger partial charge in [-0.3, -0.25) is 0 Å². The first kappa shape index (κ1) is 17.3. The van der Waals surface area contributed by atoms with E-state index in [0.717, 1.165) is 36.1 Å². The topological polar surface area (TPSA) is 21.3 Å². The normalized spacial score (nSPS) is 14.1. The van der Waals surface area contributed by atoms with Gasteiger partial charge >= 0.3 is 0 Å². The highest BCUT2D eigenvalue weighted by Gasteiger charge is 2.15. The van der Waals surface area contributed by atoms with Gasteiger partial charge in [0.1, 0.15) is 5.75 Å². The Hall–Kier alpha value is -0.730. The summed E-state index contributed by atoms with van der Waals surface area (Å²) in [5.41, 5.74) is 1.19. The van der Waals surface area contributed by atoms with E-state index >= 15 is 0 Å². The van der Waals surface area contributed by atoms with Gasteiger partial charge in [0.2, 0.25) is 0 Å². The molecule has 1 N–H and O–H groups in total. The summed E-state index contributed by atoms with van der Waals surface area (Å²) in [5.74, 6) is 1.66. The van der Waals surface area contributed by atoms with E-state index in [4.69, 9.17) is 16.3 Å². The molecular weight excluding hydrogens is 270 g/mol. The quantitative estimate of drug-likeness (QED) is 0.713. The molecular formula is C17H28ClNO. The van der Waals surface area contributed by atoms with Crippen LogP contribution in [0, 0.1) is 5.92 Å². The molecule has 0 aliphatic carbocycles. The number of rotatable bonds is 9. The van der Waals surface area contributed by atoms with Crippen LogP contribution in [-0.4, -0.2) is 19.7 Å². The summed E-state index contributed by atoms with van der Waals surface area (Å²) in [6.07, 6.45) is 4.53. The van der Waals surface area contributed by atoms with Crippen LogP contribution in [0.4, 0.5) is 0 Å². The lowest BCUT2D eigenvalue weighted by Crippen LogP contribution is -2.33. The van der Waals surface area contributed by atoms with Gasteiger partial charge in [-0.25, -0.2) is 0 Å². The van der Waals surface area contributed by atoms with Gasteiger partial charge in [0.25, 0.3) is 0 Å². The molecule has 0 spiro atoms. The number of methoxy groups -OCH3 is 1. The van der Waals surface area contributed by atoms with Gasteiger partial charge in [-0.2, -0.15) is 0 Å². The molecule has 0 aromatic heterocycles. The molecule has 2 atom stereocenters. The van der Waals surface area contributed by atoms with Crippen LogP contribution in [0.25, 0.3) is 0 Å². The molecule has 3 heteroatoms. The van der Waals surface area contributed by atoms with Crippen molar-refractivity contribution in [3.8, 4) is 5.75 Å². The third-order valence-corrected chi connectivity index (χ3v) is 4.01. The van der Waals surface area contributed by atoms with Crippen molar-refractivity contribution >= 4 is 11.6 Å². The molecule has 0 saturated heterocycles. The number of hydrogen-bond donors (Lipinski definition) is 1. The maximum absolute atomic E-state index is 6.12. The Bertz CT molecular complexity index is 395. The maximum Gasteiger partial charge on any atom is 0.122 e. The Morgan fingerprint density at radius 2 is 2.05 bits per heavy atom. The lowest BCUT2D eigenvalue weighted by atomic mass is 9.94. The van der Waals surface area contributed by atoms with Crippen molar-refractivity contribution < 1.29 is 4.74 Å². The molecule has 0 aliphatic heterocycles. The maximum atomic E-state index is 6.12. The highest BCUT2D eigenvalue weighted by atomic mass is 35.5. The van der Waals surface area contributed by atoms with Gasteiger partial charge in [-0.1, -0.05) is 38.8 Å². The molecule has 0 fully saturated rings. The number of hydrogen-bond acceptors (Lipinski definition) is 2. The Morgan fingerprint density at radius 1 is 1.30 bits per heavy atom. The second-order valence-corrected chi connectivity index (χ2v) is 6.00. The number of ether oxygens (including phenoxy) is 1. The molecule has 0 saturated carbocycles. The molecule has 2 nitrogen and oxygen atoms in total. The first-order valence-corrected chi connectivity index (χ1v) is 8.04. The van der Waals surface area contributed by atoms with Gasteiger partial charge in [-0.15, -0.1) is 0 Å². The zero-order chi connectivity index (χ0) is 15.0. The van der Waals surface area contributed by atoms with Gasteiger partial charge in [0, 0.05) is 11.1 Å². The second-order valence-electron chi connectivity index (χ2n) is 5.56. The lowest BCUT2D eigenvalue weighted by molar-refractivity contribution is 0.378. The standard InChI is InChI=1S/C17H28ClNO/c1-5-9-19-16(10-13(3)6-2)12-14-11-15(18)7-8-17(14)20-4/h7-8,11,13,16,19H,5-6,9-10,12H2,1-4H3. The summed E-state index contributed by atoms with van der Waals surface area (Å²) in [6.45, 7) is 7.83. The Labute approximate surface area is 128 Å². The van der Waals surface area contributed by atoms with E-state index in [9.17, 15) is 0 Å². The zero-order valence-corrected chi connectivity index (χ0v) is 14.0. The molecule has 0 radical (unpaired) electrons. The van der Waals surface area contributed by atoms with E-state index in [1.807, 2.05) is 18.2 Å². The van der Waals surface area contributed by atoms with E-state index in [2.05, 4.69) is 26.1 Å². The molecule has 0 aliphatic rings. The fourth-order valence-electron chi connectivity index (χ4n) is 2.41. The molecule has 0 amide bonds. The average molecular weight is 298 g/mol. The van der Waals surface area contributed by atoms with Gasteiger partial charge in [0.15, 0.2) is 0 Å². The van der Waals surface area contributed by atoms with E-state index in [1.54, 1.807) is 7.11 Å². The summed E-state index contributed by atoms with van der Waals surface area (Å²) in [6, 6.07) is 6.35. The van der Waals surface area contributed by atoms with Crippen LogP contribution in [0.1, 0.15) is 45.6 Å². The number of benzene rings is 1. The smallest absolute Gasteiger partial charge is 0.122 e. The predicted molar refractivity (Wildman–Crippen MR) is 87.9 cm³/mol. The first-order chi connectivity index (χ1) is 9.60. The number of halogens is 1. The molecule has 2 unspecified atom stereocenters. The van der Waals surface area contributed by atoms with Crippen LogP contribution in [-0.2, 0) is 6.42 Å². The van der Waals surface area contributed by atoms with Crippen molar-refractivity contribution in [2.45, 2.75) is 52.5 Å². The summed E-state index contributed by atoms with van der Waals surface area (Å²) in [4.78, 5) is 0. The summed E-state index contributed by atoms with van der Waals surface area (Å²) in [7, 11) is 1.72. The molecule has 1 aromatic rings. The molecule has 1 rings (SSSR count). The fourth-order valence-corrected chi connectivity index (χ4v) is 2.61. The van der Waals surface area contributed by atoms with Crippen LogP contribution in [0.15, 0.2) is 18.2 Å². The highest BCUT2D eigenvalue weighted by molar-refractivity contribution is 6.30. The summed E-state index contributed by atoms with van der Waals surface area (Å²) in [5, 5.41) is 4.43. The summed E-state index contributed by atoms with van der Waals surface area (Å²) >= 11 is 6.12. The molecule has 114 valence electrons. The Morgan fingerprint density at radius 3 is 2.65 bits per heavy atom. The average Bonchev–Trinajstić information content (AvgIpc) is 2.44. The minimum Gasteiger partial charge on any atom is -0.496 e. The van der Waals surface area contributed by atoms with Gasteiger partial charge in [0.05, 0.1) is 7.11 Å². The largest absolute Gasteiger partial charge is 0.496 e. The van der Waals surface area contributed by atoms with Crippen LogP contribution >= 0.6 is 11.6 Å². The lowest BCUT2D eigenvalue weighted by Gasteiger charge is -2.23. The Balaban J connectivity index is 2.79.